The van der Waals surface area contributed by atoms with Gasteiger partial charge < -0.3 is 5.32 Å². The van der Waals surface area contributed by atoms with Crippen molar-refractivity contribution in [3.8, 4) is 0 Å². The summed E-state index contributed by atoms with van der Waals surface area (Å²) in [5.74, 6) is 0.569. The molecule has 1 atom stereocenters. The first kappa shape index (κ1) is 18.1. The van der Waals surface area contributed by atoms with Crippen molar-refractivity contribution in [3.63, 3.8) is 0 Å². The molecule has 0 aliphatic heterocycles. The summed E-state index contributed by atoms with van der Waals surface area (Å²) in [5.41, 5.74) is 0.866. The van der Waals surface area contributed by atoms with Gasteiger partial charge in [0.15, 0.2) is 0 Å². The summed E-state index contributed by atoms with van der Waals surface area (Å²) in [7, 11) is -1.52. The number of nitrogens with one attached hydrogen (secondary N) is 2. The normalized spacial score (nSPS) is 13.9. The number of hydrogen-bond acceptors (Lipinski definition) is 3. The van der Waals surface area contributed by atoms with E-state index in [2.05, 4.69) is 23.9 Å². The van der Waals surface area contributed by atoms with Gasteiger partial charge in [-0.05, 0) is 51.3 Å². The SMILES string of the molecule is CNC(Cc1ccccc1S(=O)(=O)NC(C)C)CC(C)C. The van der Waals surface area contributed by atoms with Crippen LogP contribution in [0.1, 0.15) is 39.7 Å². The van der Waals surface area contributed by atoms with Crippen LogP contribution in [0.2, 0.25) is 0 Å². The maximum absolute atomic E-state index is 12.4. The fraction of sp³-hybridized carbons (Fsp3) is 0.625. The average Bonchev–Trinajstić information content (AvgIpc) is 2.36. The summed E-state index contributed by atoms with van der Waals surface area (Å²) >= 11 is 0. The summed E-state index contributed by atoms with van der Waals surface area (Å²) < 4.78 is 27.5. The van der Waals surface area contributed by atoms with Gasteiger partial charge in [-0.15, -0.1) is 0 Å². The van der Waals surface area contributed by atoms with Gasteiger partial charge in [-0.1, -0.05) is 32.0 Å². The highest BCUT2D eigenvalue weighted by molar-refractivity contribution is 7.89. The fourth-order valence-electron chi connectivity index (χ4n) is 2.45. The first-order valence-electron chi connectivity index (χ1n) is 7.53. The van der Waals surface area contributed by atoms with Gasteiger partial charge in [0, 0.05) is 12.1 Å². The molecule has 21 heavy (non-hydrogen) atoms. The van der Waals surface area contributed by atoms with Crippen LogP contribution in [-0.4, -0.2) is 27.5 Å². The predicted octanol–water partition coefficient (Wildman–Crippen LogP) is 2.55. The van der Waals surface area contributed by atoms with E-state index in [4.69, 9.17) is 0 Å². The second kappa shape index (κ2) is 7.92. The molecule has 2 N–H and O–H groups in total. The van der Waals surface area contributed by atoms with E-state index in [-0.39, 0.29) is 12.1 Å². The molecule has 0 aliphatic carbocycles. The molecule has 0 saturated heterocycles. The summed E-state index contributed by atoms with van der Waals surface area (Å²) in [6.45, 7) is 8.01. The summed E-state index contributed by atoms with van der Waals surface area (Å²) in [5, 5.41) is 3.29. The lowest BCUT2D eigenvalue weighted by Gasteiger charge is -2.20. The highest BCUT2D eigenvalue weighted by atomic mass is 32.2. The van der Waals surface area contributed by atoms with Crippen LogP contribution in [0.15, 0.2) is 29.2 Å². The lowest BCUT2D eigenvalue weighted by molar-refractivity contribution is 0.439. The highest BCUT2D eigenvalue weighted by Gasteiger charge is 2.21. The Labute approximate surface area is 129 Å². The summed E-state index contributed by atoms with van der Waals surface area (Å²) in [6.07, 6.45) is 1.73. The van der Waals surface area contributed by atoms with Crippen LogP contribution in [0.4, 0.5) is 0 Å². The van der Waals surface area contributed by atoms with Gasteiger partial charge in [0.1, 0.15) is 0 Å². The minimum absolute atomic E-state index is 0.112. The smallest absolute Gasteiger partial charge is 0.241 e. The summed E-state index contributed by atoms with van der Waals surface area (Å²) in [6, 6.07) is 7.42. The van der Waals surface area contributed by atoms with E-state index in [1.54, 1.807) is 12.1 Å². The van der Waals surface area contributed by atoms with E-state index < -0.39 is 10.0 Å². The molecule has 120 valence electrons. The van der Waals surface area contributed by atoms with Crippen LogP contribution in [-0.2, 0) is 16.4 Å². The van der Waals surface area contributed by atoms with Gasteiger partial charge in [0.2, 0.25) is 10.0 Å². The zero-order valence-electron chi connectivity index (χ0n) is 13.7. The van der Waals surface area contributed by atoms with Crippen molar-refractivity contribution in [2.75, 3.05) is 7.05 Å². The van der Waals surface area contributed by atoms with Crippen molar-refractivity contribution < 1.29 is 8.42 Å². The lowest BCUT2D eigenvalue weighted by atomic mass is 9.97. The zero-order valence-corrected chi connectivity index (χ0v) is 14.5. The Morgan fingerprint density at radius 3 is 2.24 bits per heavy atom. The maximum Gasteiger partial charge on any atom is 0.241 e. The van der Waals surface area contributed by atoms with Crippen LogP contribution >= 0.6 is 0 Å². The zero-order chi connectivity index (χ0) is 16.0. The van der Waals surface area contributed by atoms with E-state index in [9.17, 15) is 8.42 Å². The minimum Gasteiger partial charge on any atom is -0.317 e. The molecule has 1 unspecified atom stereocenters. The van der Waals surface area contributed by atoms with Crippen molar-refractivity contribution in [1.82, 2.24) is 10.0 Å². The van der Waals surface area contributed by atoms with Crippen molar-refractivity contribution in [2.24, 2.45) is 5.92 Å². The van der Waals surface area contributed by atoms with Gasteiger partial charge >= 0.3 is 0 Å². The van der Waals surface area contributed by atoms with E-state index in [0.29, 0.717) is 17.2 Å². The minimum atomic E-state index is -3.45. The van der Waals surface area contributed by atoms with E-state index in [0.717, 1.165) is 12.0 Å². The van der Waals surface area contributed by atoms with E-state index >= 15 is 0 Å². The van der Waals surface area contributed by atoms with Crippen LogP contribution in [0, 0.1) is 5.92 Å². The molecule has 1 rings (SSSR count). The number of hydrogen-bond donors (Lipinski definition) is 2. The van der Waals surface area contributed by atoms with Gasteiger partial charge in [-0.3, -0.25) is 0 Å². The first-order valence-corrected chi connectivity index (χ1v) is 9.02. The Balaban J connectivity index is 3.04. The van der Waals surface area contributed by atoms with Crippen LogP contribution < -0.4 is 10.0 Å². The molecule has 0 bridgehead atoms. The third kappa shape index (κ3) is 5.77. The Bertz CT molecular complexity index is 539. The molecule has 0 aromatic heterocycles. The van der Waals surface area contributed by atoms with Gasteiger partial charge in [-0.25, -0.2) is 13.1 Å². The quantitative estimate of drug-likeness (QED) is 0.775. The number of likely N-dealkylation sites (N-methyl/N-ethyl adjacent to an activating group) is 1. The molecule has 0 saturated carbocycles. The van der Waals surface area contributed by atoms with Crippen molar-refractivity contribution >= 4 is 10.0 Å². The molecule has 0 heterocycles. The molecular formula is C16H28N2O2S. The maximum atomic E-state index is 12.4. The van der Waals surface area contributed by atoms with Crippen LogP contribution in [0.5, 0.6) is 0 Å². The molecule has 5 heteroatoms. The molecule has 0 aliphatic rings. The summed E-state index contributed by atoms with van der Waals surface area (Å²) in [4.78, 5) is 0.391. The van der Waals surface area contributed by atoms with E-state index in [1.807, 2.05) is 33.0 Å². The van der Waals surface area contributed by atoms with Crippen molar-refractivity contribution in [1.29, 1.82) is 0 Å². The van der Waals surface area contributed by atoms with Gasteiger partial charge in [0.25, 0.3) is 0 Å². The fourth-order valence-corrected chi connectivity index (χ4v) is 3.95. The number of sulfonamides is 1. The van der Waals surface area contributed by atoms with Crippen LogP contribution in [0.3, 0.4) is 0 Å². The highest BCUT2D eigenvalue weighted by Crippen LogP contribution is 2.19. The molecular weight excluding hydrogens is 284 g/mol. The van der Waals surface area contributed by atoms with Crippen molar-refractivity contribution in [3.05, 3.63) is 29.8 Å². The molecule has 0 amide bonds. The average molecular weight is 312 g/mol. The number of benzene rings is 1. The standard InChI is InChI=1S/C16H28N2O2S/c1-12(2)10-15(17-5)11-14-8-6-7-9-16(14)21(19,20)18-13(3)4/h6-9,12-13,15,17-18H,10-11H2,1-5H3. The third-order valence-corrected chi connectivity index (χ3v) is 5.04. The number of rotatable bonds is 8. The largest absolute Gasteiger partial charge is 0.317 e. The van der Waals surface area contributed by atoms with Crippen molar-refractivity contribution in [2.45, 2.75) is 57.5 Å². The Hall–Kier alpha value is -0.910. The Morgan fingerprint density at radius 1 is 1.10 bits per heavy atom. The van der Waals surface area contributed by atoms with Crippen LogP contribution in [0.25, 0.3) is 0 Å². The molecule has 1 aromatic rings. The Kier molecular flexibility index (Phi) is 6.84. The molecule has 0 fully saturated rings. The molecule has 0 radical (unpaired) electrons. The van der Waals surface area contributed by atoms with Gasteiger partial charge in [-0.2, -0.15) is 0 Å². The monoisotopic (exact) mass is 312 g/mol. The second-order valence-electron chi connectivity index (χ2n) is 6.20. The topological polar surface area (TPSA) is 58.2 Å². The first-order chi connectivity index (χ1) is 9.76. The molecule has 0 spiro atoms. The predicted molar refractivity (Wildman–Crippen MR) is 87.9 cm³/mol. The molecule has 4 nitrogen and oxygen atoms in total. The Morgan fingerprint density at radius 2 is 1.71 bits per heavy atom. The lowest BCUT2D eigenvalue weighted by Crippen LogP contribution is -2.33. The molecule has 1 aromatic carbocycles. The van der Waals surface area contributed by atoms with Gasteiger partial charge in [0.05, 0.1) is 4.90 Å². The van der Waals surface area contributed by atoms with E-state index in [1.165, 1.54) is 0 Å². The second-order valence-corrected chi connectivity index (χ2v) is 7.89. The third-order valence-electron chi connectivity index (χ3n) is 3.28.